The summed E-state index contributed by atoms with van der Waals surface area (Å²) in [5, 5.41) is 3.64. The molecule has 0 aliphatic heterocycles. The number of benzene rings is 1. The van der Waals surface area contributed by atoms with Crippen LogP contribution in [0.4, 0.5) is 8.78 Å². The lowest BCUT2D eigenvalue weighted by Gasteiger charge is -2.18. The largest absolute Gasteiger partial charge is 0.490 e. The molecule has 0 aromatic heterocycles. The lowest BCUT2D eigenvalue weighted by atomic mass is 10.1. The number of alkyl halides is 2. The highest BCUT2D eigenvalue weighted by Gasteiger charge is 2.40. The van der Waals surface area contributed by atoms with Crippen molar-refractivity contribution in [2.45, 2.75) is 51.8 Å². The van der Waals surface area contributed by atoms with Gasteiger partial charge in [0.15, 0.2) is 11.5 Å². The highest BCUT2D eigenvalue weighted by Crippen LogP contribution is 2.44. The second-order valence-electron chi connectivity index (χ2n) is 6.17. The van der Waals surface area contributed by atoms with Gasteiger partial charge in [-0.3, -0.25) is 0 Å². The summed E-state index contributed by atoms with van der Waals surface area (Å²) in [5.41, 5.74) is 1.04. The van der Waals surface area contributed by atoms with Crippen LogP contribution >= 0.6 is 0 Å². The summed E-state index contributed by atoms with van der Waals surface area (Å²) in [5.74, 6) is 2.15. The van der Waals surface area contributed by atoms with Crippen LogP contribution in [0.25, 0.3) is 0 Å². The summed E-state index contributed by atoms with van der Waals surface area (Å²) in [4.78, 5) is 0. The lowest BCUT2D eigenvalue weighted by molar-refractivity contribution is -0.0514. The van der Waals surface area contributed by atoms with E-state index in [0.29, 0.717) is 18.4 Å². The fourth-order valence-corrected chi connectivity index (χ4v) is 2.99. The van der Waals surface area contributed by atoms with Gasteiger partial charge in [-0.15, -0.1) is 0 Å². The molecule has 0 radical (unpaired) electrons. The van der Waals surface area contributed by atoms with E-state index in [4.69, 9.17) is 4.74 Å². The predicted molar refractivity (Wildman–Crippen MR) is 80.3 cm³/mol. The third-order valence-electron chi connectivity index (χ3n) is 4.33. The van der Waals surface area contributed by atoms with Gasteiger partial charge in [0.1, 0.15) is 0 Å². The van der Waals surface area contributed by atoms with Crippen molar-refractivity contribution in [2.24, 2.45) is 11.8 Å². The summed E-state index contributed by atoms with van der Waals surface area (Å²) >= 11 is 0. The Bertz CT molecular complexity index is 489. The number of rotatable bonds is 9. The minimum atomic E-state index is -2.84. The second-order valence-corrected chi connectivity index (χ2v) is 6.17. The minimum absolute atomic E-state index is 0.0986. The standard InChI is InChI=1S/C17H23F2NO2/c1-2-21-15-9-11(3-8-14(15)22-17(18)19)10-20-16(12-4-5-12)13-6-7-13/h3,8-9,12-13,16-17,20H,2,4-7,10H2,1H3. The van der Waals surface area contributed by atoms with Crippen molar-refractivity contribution < 1.29 is 18.3 Å². The lowest BCUT2D eigenvalue weighted by Crippen LogP contribution is -2.32. The molecule has 3 rings (SSSR count). The van der Waals surface area contributed by atoms with Crippen LogP contribution in [0.3, 0.4) is 0 Å². The van der Waals surface area contributed by atoms with Crippen LogP contribution in [0.5, 0.6) is 11.5 Å². The molecular formula is C17H23F2NO2. The number of nitrogens with one attached hydrogen (secondary N) is 1. The van der Waals surface area contributed by atoms with E-state index in [-0.39, 0.29) is 5.75 Å². The SMILES string of the molecule is CCOc1cc(CNC(C2CC2)C2CC2)ccc1OC(F)F. The van der Waals surface area contributed by atoms with E-state index in [1.165, 1.54) is 25.7 Å². The molecule has 122 valence electrons. The zero-order valence-electron chi connectivity index (χ0n) is 12.9. The smallest absolute Gasteiger partial charge is 0.387 e. The average Bonchev–Trinajstić information content (AvgIpc) is 3.35. The van der Waals surface area contributed by atoms with Gasteiger partial charge < -0.3 is 14.8 Å². The summed E-state index contributed by atoms with van der Waals surface area (Å²) in [6.07, 6.45) is 5.33. The van der Waals surface area contributed by atoms with Crippen LogP contribution in [0, 0.1) is 11.8 Å². The fourth-order valence-electron chi connectivity index (χ4n) is 2.99. The molecule has 0 spiro atoms. The van der Waals surface area contributed by atoms with Crippen LogP contribution in [-0.4, -0.2) is 19.3 Å². The minimum Gasteiger partial charge on any atom is -0.490 e. The van der Waals surface area contributed by atoms with Gasteiger partial charge >= 0.3 is 6.61 Å². The van der Waals surface area contributed by atoms with E-state index in [9.17, 15) is 8.78 Å². The van der Waals surface area contributed by atoms with Crippen molar-refractivity contribution in [3.8, 4) is 11.5 Å². The Morgan fingerprint density at radius 3 is 2.36 bits per heavy atom. The third-order valence-corrected chi connectivity index (χ3v) is 4.33. The first kappa shape index (κ1) is 15.5. The van der Waals surface area contributed by atoms with E-state index < -0.39 is 6.61 Å². The van der Waals surface area contributed by atoms with Gasteiger partial charge in [-0.1, -0.05) is 6.07 Å². The number of hydrogen-bond acceptors (Lipinski definition) is 3. The molecule has 2 aliphatic carbocycles. The molecule has 1 aromatic rings. The summed E-state index contributed by atoms with van der Waals surface area (Å²) in [6.45, 7) is 0.153. The van der Waals surface area contributed by atoms with E-state index >= 15 is 0 Å². The molecule has 0 bridgehead atoms. The van der Waals surface area contributed by atoms with Crippen LogP contribution < -0.4 is 14.8 Å². The molecular weight excluding hydrogens is 288 g/mol. The van der Waals surface area contributed by atoms with Crippen LogP contribution in [0.1, 0.15) is 38.2 Å². The molecule has 3 nitrogen and oxygen atoms in total. The highest BCUT2D eigenvalue weighted by molar-refractivity contribution is 5.43. The number of halogens is 2. The molecule has 2 aliphatic rings. The van der Waals surface area contributed by atoms with Crippen LogP contribution in [0.15, 0.2) is 18.2 Å². The molecule has 0 atom stereocenters. The third kappa shape index (κ3) is 4.09. The van der Waals surface area contributed by atoms with Crippen molar-refractivity contribution >= 4 is 0 Å². The maximum Gasteiger partial charge on any atom is 0.387 e. The molecule has 0 saturated heterocycles. The van der Waals surface area contributed by atoms with E-state index in [1.54, 1.807) is 12.1 Å². The second kappa shape index (κ2) is 6.82. The summed E-state index contributed by atoms with van der Waals surface area (Å²) in [7, 11) is 0. The van der Waals surface area contributed by atoms with Crippen molar-refractivity contribution in [3.05, 3.63) is 23.8 Å². The first-order chi connectivity index (χ1) is 10.7. The summed E-state index contributed by atoms with van der Waals surface area (Å²) < 4.78 is 34.7. The molecule has 2 fully saturated rings. The fraction of sp³-hybridized carbons (Fsp3) is 0.647. The molecule has 1 aromatic carbocycles. The zero-order valence-corrected chi connectivity index (χ0v) is 12.9. The normalized spacial score (nSPS) is 18.0. The van der Waals surface area contributed by atoms with Gasteiger partial charge in [-0.05, 0) is 62.1 Å². The van der Waals surface area contributed by atoms with Crippen LogP contribution in [0.2, 0.25) is 0 Å². The molecule has 0 unspecified atom stereocenters. The zero-order chi connectivity index (χ0) is 15.5. The monoisotopic (exact) mass is 311 g/mol. The molecule has 1 N–H and O–H groups in total. The maximum absolute atomic E-state index is 12.4. The van der Waals surface area contributed by atoms with Gasteiger partial charge in [0.25, 0.3) is 0 Å². The van der Waals surface area contributed by atoms with Gasteiger partial charge in [0, 0.05) is 12.6 Å². The van der Waals surface area contributed by atoms with Gasteiger partial charge in [0.05, 0.1) is 6.61 Å². The molecule has 0 heterocycles. The molecule has 5 heteroatoms. The van der Waals surface area contributed by atoms with E-state index in [0.717, 1.165) is 23.9 Å². The molecule has 0 amide bonds. The first-order valence-electron chi connectivity index (χ1n) is 8.11. The topological polar surface area (TPSA) is 30.5 Å². The number of ether oxygens (including phenoxy) is 2. The Morgan fingerprint density at radius 1 is 1.14 bits per heavy atom. The van der Waals surface area contributed by atoms with E-state index in [1.807, 2.05) is 13.0 Å². The first-order valence-corrected chi connectivity index (χ1v) is 8.11. The van der Waals surface area contributed by atoms with Crippen molar-refractivity contribution in [1.29, 1.82) is 0 Å². The Morgan fingerprint density at radius 2 is 1.82 bits per heavy atom. The Balaban J connectivity index is 1.63. The van der Waals surface area contributed by atoms with Crippen LogP contribution in [-0.2, 0) is 6.54 Å². The Labute approximate surface area is 130 Å². The quantitative estimate of drug-likeness (QED) is 0.748. The predicted octanol–water partition coefficient (Wildman–Crippen LogP) is 3.96. The van der Waals surface area contributed by atoms with Crippen molar-refractivity contribution in [3.63, 3.8) is 0 Å². The summed E-state index contributed by atoms with van der Waals surface area (Å²) in [6, 6.07) is 5.81. The van der Waals surface area contributed by atoms with Gasteiger partial charge in [-0.25, -0.2) is 0 Å². The molecule has 22 heavy (non-hydrogen) atoms. The molecule has 2 saturated carbocycles. The highest BCUT2D eigenvalue weighted by atomic mass is 19.3. The van der Waals surface area contributed by atoms with Crippen molar-refractivity contribution in [1.82, 2.24) is 5.32 Å². The number of hydrogen-bond donors (Lipinski definition) is 1. The van der Waals surface area contributed by atoms with Gasteiger partial charge in [0.2, 0.25) is 0 Å². The van der Waals surface area contributed by atoms with E-state index in [2.05, 4.69) is 10.1 Å². The van der Waals surface area contributed by atoms with Crippen molar-refractivity contribution in [2.75, 3.05) is 6.61 Å². The Hall–Kier alpha value is -1.36. The van der Waals surface area contributed by atoms with Gasteiger partial charge in [-0.2, -0.15) is 8.78 Å². The Kier molecular flexibility index (Phi) is 4.81. The maximum atomic E-state index is 12.4. The average molecular weight is 311 g/mol.